The van der Waals surface area contributed by atoms with Crippen molar-refractivity contribution in [1.29, 1.82) is 0 Å². The summed E-state index contributed by atoms with van der Waals surface area (Å²) >= 11 is 1.23. The summed E-state index contributed by atoms with van der Waals surface area (Å²) in [7, 11) is 1.79. The number of nitrogens with one attached hydrogen (secondary N) is 1. The van der Waals surface area contributed by atoms with Gasteiger partial charge in [0, 0.05) is 36.6 Å². The first-order valence-electron chi connectivity index (χ1n) is 9.87. The molecule has 0 unspecified atom stereocenters. The number of thioether (sulfide) groups is 1. The van der Waals surface area contributed by atoms with Gasteiger partial charge in [0.2, 0.25) is 5.91 Å². The maximum Gasteiger partial charge on any atom is 0.261 e. The minimum Gasteiger partial charge on any atom is -0.325 e. The number of aryl methyl sites for hydroxylation is 2. The van der Waals surface area contributed by atoms with Crippen molar-refractivity contribution in [2.75, 3.05) is 11.1 Å². The van der Waals surface area contributed by atoms with Crippen LogP contribution in [0.5, 0.6) is 0 Å². The predicted octanol–water partition coefficient (Wildman–Crippen LogP) is 2.90. The van der Waals surface area contributed by atoms with Crippen molar-refractivity contribution in [1.82, 2.24) is 24.1 Å². The number of hydrogen-bond acceptors (Lipinski definition) is 6. The molecule has 4 rings (SSSR count). The summed E-state index contributed by atoms with van der Waals surface area (Å²) in [5.41, 5.74) is 3.16. The summed E-state index contributed by atoms with van der Waals surface area (Å²) in [5, 5.41) is 11.6. The van der Waals surface area contributed by atoms with Crippen LogP contribution < -0.4 is 10.9 Å². The van der Waals surface area contributed by atoms with Crippen LogP contribution in [-0.4, -0.2) is 35.8 Å². The van der Waals surface area contributed by atoms with Crippen molar-refractivity contribution < 1.29 is 9.18 Å². The van der Waals surface area contributed by atoms with E-state index in [0.717, 1.165) is 5.56 Å². The topological polar surface area (TPSA) is 94.2 Å². The Morgan fingerprint density at radius 1 is 1.16 bits per heavy atom. The van der Waals surface area contributed by atoms with Gasteiger partial charge < -0.3 is 9.88 Å². The highest BCUT2D eigenvalue weighted by molar-refractivity contribution is 7.99. The number of rotatable bonds is 6. The average molecular weight is 453 g/mol. The van der Waals surface area contributed by atoms with Gasteiger partial charge in [-0.05, 0) is 49.7 Å². The molecule has 0 aliphatic carbocycles. The Bertz CT molecular complexity index is 1360. The number of carbonyl (C=O) groups excluding carboxylic acids is 1. The molecule has 8 nitrogen and oxygen atoms in total. The molecule has 32 heavy (non-hydrogen) atoms. The van der Waals surface area contributed by atoms with Crippen molar-refractivity contribution in [3.8, 4) is 0 Å². The zero-order valence-corrected chi connectivity index (χ0v) is 18.6. The number of aromatic nitrogens is 5. The van der Waals surface area contributed by atoms with Gasteiger partial charge in [-0.3, -0.25) is 14.0 Å². The van der Waals surface area contributed by atoms with E-state index in [4.69, 9.17) is 0 Å². The fraction of sp³-hybridized carbons (Fsp3) is 0.227. The fourth-order valence-corrected chi connectivity index (χ4v) is 4.02. The molecule has 0 atom stereocenters. The van der Waals surface area contributed by atoms with Crippen molar-refractivity contribution in [2.24, 2.45) is 7.05 Å². The molecule has 0 saturated heterocycles. The highest BCUT2D eigenvalue weighted by atomic mass is 32.2. The molecule has 1 amide bonds. The van der Waals surface area contributed by atoms with Crippen LogP contribution in [0.2, 0.25) is 0 Å². The Labute approximate surface area is 187 Å². The Balaban J connectivity index is 1.48. The largest absolute Gasteiger partial charge is 0.325 e. The molecular formula is C22H21FN6O2S. The van der Waals surface area contributed by atoms with Gasteiger partial charge in [-0.1, -0.05) is 17.8 Å². The third-order valence-electron chi connectivity index (χ3n) is 5.07. The second kappa shape index (κ2) is 8.91. The number of anilines is 1. The van der Waals surface area contributed by atoms with E-state index in [9.17, 15) is 14.0 Å². The normalized spacial score (nSPS) is 11.1. The molecule has 0 bridgehead atoms. The van der Waals surface area contributed by atoms with Gasteiger partial charge in [0.25, 0.3) is 5.56 Å². The molecule has 3 heterocycles. The lowest BCUT2D eigenvalue weighted by Crippen LogP contribution is -2.23. The highest BCUT2D eigenvalue weighted by Gasteiger charge is 2.17. The Morgan fingerprint density at radius 3 is 2.66 bits per heavy atom. The fourth-order valence-electron chi connectivity index (χ4n) is 3.29. The molecule has 3 aromatic heterocycles. The summed E-state index contributed by atoms with van der Waals surface area (Å²) in [6.45, 7) is 3.73. The number of amides is 1. The average Bonchev–Trinajstić information content (AvgIpc) is 3.11. The molecule has 1 N–H and O–H groups in total. The van der Waals surface area contributed by atoms with Crippen molar-refractivity contribution >= 4 is 29.0 Å². The van der Waals surface area contributed by atoms with E-state index in [2.05, 4.69) is 20.5 Å². The molecule has 0 aliphatic heterocycles. The zero-order valence-electron chi connectivity index (χ0n) is 17.8. The van der Waals surface area contributed by atoms with E-state index in [0.29, 0.717) is 33.6 Å². The molecule has 1 aromatic carbocycles. The van der Waals surface area contributed by atoms with Crippen molar-refractivity contribution in [3.63, 3.8) is 0 Å². The maximum atomic E-state index is 13.0. The van der Waals surface area contributed by atoms with E-state index in [1.165, 1.54) is 36.0 Å². The number of fused-ring (bicyclic) bond motifs is 1. The number of halogens is 1. The van der Waals surface area contributed by atoms with E-state index in [-0.39, 0.29) is 29.5 Å². The molecule has 164 valence electrons. The van der Waals surface area contributed by atoms with E-state index >= 15 is 0 Å². The lowest BCUT2D eigenvalue weighted by atomic mass is 10.1. The van der Waals surface area contributed by atoms with Crippen LogP contribution in [0.25, 0.3) is 5.65 Å². The van der Waals surface area contributed by atoms with Crippen LogP contribution in [0.1, 0.15) is 22.6 Å². The highest BCUT2D eigenvalue weighted by Crippen LogP contribution is 2.18. The van der Waals surface area contributed by atoms with Gasteiger partial charge in [-0.25, -0.2) is 9.37 Å². The third kappa shape index (κ3) is 4.40. The first kappa shape index (κ1) is 21.7. The second-order valence-electron chi connectivity index (χ2n) is 7.34. The van der Waals surface area contributed by atoms with Crippen molar-refractivity contribution in [3.05, 3.63) is 81.4 Å². The maximum absolute atomic E-state index is 13.0. The number of carbonyl (C=O) groups is 1. The van der Waals surface area contributed by atoms with Gasteiger partial charge >= 0.3 is 0 Å². The first-order chi connectivity index (χ1) is 15.3. The van der Waals surface area contributed by atoms with E-state index < -0.39 is 0 Å². The number of nitrogens with zero attached hydrogens (tertiary/aromatic N) is 5. The summed E-state index contributed by atoms with van der Waals surface area (Å²) in [4.78, 5) is 29.8. The standard InChI is InChI=1S/C22H21FN6O2S/c1-13-5-4-10-29-20(13)24-14(2)17(21(29)31)11-18-26-27-22(28(18)3)32-12-19(30)25-16-8-6-15(23)7-9-16/h4-10H,11-12H2,1-3H3,(H,25,30). The van der Waals surface area contributed by atoms with Crippen LogP contribution in [0.4, 0.5) is 10.1 Å². The van der Waals surface area contributed by atoms with Gasteiger partial charge in [-0.2, -0.15) is 0 Å². The minimum atomic E-state index is -0.365. The van der Waals surface area contributed by atoms with E-state index in [1.54, 1.807) is 22.2 Å². The lowest BCUT2D eigenvalue weighted by molar-refractivity contribution is -0.113. The Kier molecular flexibility index (Phi) is 6.04. The van der Waals surface area contributed by atoms with Crippen LogP contribution >= 0.6 is 11.8 Å². The Morgan fingerprint density at radius 2 is 1.91 bits per heavy atom. The predicted molar refractivity (Wildman–Crippen MR) is 120 cm³/mol. The van der Waals surface area contributed by atoms with Crippen LogP contribution in [-0.2, 0) is 18.3 Å². The monoisotopic (exact) mass is 452 g/mol. The summed E-state index contributed by atoms with van der Waals surface area (Å²) in [5.74, 6) is 0.105. The summed E-state index contributed by atoms with van der Waals surface area (Å²) in [6, 6.07) is 9.30. The Hall–Kier alpha value is -3.53. The zero-order chi connectivity index (χ0) is 22.8. The lowest BCUT2D eigenvalue weighted by Gasteiger charge is -2.09. The number of pyridine rings is 1. The van der Waals surface area contributed by atoms with Gasteiger partial charge in [0.1, 0.15) is 17.3 Å². The molecule has 0 saturated carbocycles. The summed E-state index contributed by atoms with van der Waals surface area (Å²) in [6.07, 6.45) is 1.98. The smallest absolute Gasteiger partial charge is 0.261 e. The molecule has 0 fully saturated rings. The molecular weight excluding hydrogens is 431 g/mol. The van der Waals surface area contributed by atoms with Crippen LogP contribution in [0, 0.1) is 19.7 Å². The quantitative estimate of drug-likeness (QED) is 0.452. The van der Waals surface area contributed by atoms with Crippen LogP contribution in [0.15, 0.2) is 52.5 Å². The SMILES string of the molecule is Cc1nc2c(C)cccn2c(=O)c1Cc1nnc(SCC(=O)Nc2ccc(F)cc2)n1C. The third-order valence-corrected chi connectivity index (χ3v) is 6.09. The van der Waals surface area contributed by atoms with E-state index in [1.807, 2.05) is 26.0 Å². The first-order valence-corrected chi connectivity index (χ1v) is 10.9. The molecule has 4 aromatic rings. The van der Waals surface area contributed by atoms with Crippen LogP contribution in [0.3, 0.4) is 0 Å². The van der Waals surface area contributed by atoms with Gasteiger partial charge in [0.05, 0.1) is 5.75 Å². The molecule has 10 heteroatoms. The molecule has 0 radical (unpaired) electrons. The second-order valence-corrected chi connectivity index (χ2v) is 8.29. The van der Waals surface area contributed by atoms with Crippen molar-refractivity contribution in [2.45, 2.75) is 25.4 Å². The number of benzene rings is 1. The molecule has 0 spiro atoms. The minimum absolute atomic E-state index is 0.113. The van der Waals surface area contributed by atoms with Gasteiger partial charge in [0.15, 0.2) is 5.16 Å². The van der Waals surface area contributed by atoms with Gasteiger partial charge in [-0.15, -0.1) is 10.2 Å². The number of hydrogen-bond donors (Lipinski definition) is 1. The summed E-state index contributed by atoms with van der Waals surface area (Å²) < 4.78 is 16.3. The molecule has 0 aliphatic rings.